The second-order valence-electron chi connectivity index (χ2n) is 7.81. The van der Waals surface area contributed by atoms with Gasteiger partial charge in [0, 0.05) is 57.3 Å². The first-order valence-corrected chi connectivity index (χ1v) is 9.62. The minimum absolute atomic E-state index is 0.0668. The summed E-state index contributed by atoms with van der Waals surface area (Å²) < 4.78 is 14.0. The van der Waals surface area contributed by atoms with Crippen molar-refractivity contribution in [2.45, 2.75) is 44.7 Å². The maximum Gasteiger partial charge on any atom is 0.243 e. The predicted octanol–water partition coefficient (Wildman–Crippen LogP) is 1.53. The van der Waals surface area contributed by atoms with E-state index in [0.29, 0.717) is 24.9 Å². The molecule has 1 aromatic rings. The van der Waals surface area contributed by atoms with Gasteiger partial charge in [0.05, 0.1) is 0 Å². The highest BCUT2D eigenvalue weighted by molar-refractivity contribution is 5.88. The largest absolute Gasteiger partial charge is 0.373 e. The van der Waals surface area contributed by atoms with Gasteiger partial charge < -0.3 is 20.4 Å². The third-order valence-electron chi connectivity index (χ3n) is 5.50. The van der Waals surface area contributed by atoms with Gasteiger partial charge in [0.1, 0.15) is 11.9 Å². The summed E-state index contributed by atoms with van der Waals surface area (Å²) in [6.45, 7) is 4.32. The van der Waals surface area contributed by atoms with Crippen molar-refractivity contribution in [2.24, 2.45) is 0 Å². The Morgan fingerprint density at radius 1 is 1.37 bits per heavy atom. The Morgan fingerprint density at radius 2 is 2.15 bits per heavy atom. The van der Waals surface area contributed by atoms with E-state index >= 15 is 0 Å². The van der Waals surface area contributed by atoms with Gasteiger partial charge in [0.2, 0.25) is 11.8 Å². The fraction of sp³-hybridized carbons (Fsp3) is 0.600. The highest BCUT2D eigenvalue weighted by Gasteiger charge is 2.32. The van der Waals surface area contributed by atoms with E-state index in [9.17, 15) is 14.0 Å². The van der Waals surface area contributed by atoms with Crippen LogP contribution in [0.2, 0.25) is 0 Å². The second kappa shape index (κ2) is 8.25. The van der Waals surface area contributed by atoms with Crippen LogP contribution in [0, 0.1) is 12.7 Å². The molecule has 2 atom stereocenters. The number of carbonyl (C=O) groups excluding carboxylic acids is 2. The number of aryl methyl sites for hydroxylation is 1. The lowest BCUT2D eigenvalue weighted by atomic mass is 10.0. The molecule has 2 unspecified atom stereocenters. The Kier molecular flexibility index (Phi) is 5.99. The third kappa shape index (κ3) is 4.58. The number of rotatable bonds is 5. The van der Waals surface area contributed by atoms with Crippen LogP contribution in [0.15, 0.2) is 12.1 Å². The monoisotopic (exact) mass is 376 g/mol. The number of halogens is 1. The van der Waals surface area contributed by atoms with Crippen molar-refractivity contribution in [3.63, 3.8) is 0 Å². The normalized spacial score (nSPS) is 22.1. The molecule has 2 aliphatic rings. The molecule has 1 fully saturated rings. The fourth-order valence-corrected chi connectivity index (χ4v) is 3.88. The number of nitrogens with one attached hydrogen (secondary N) is 2. The number of piperidine rings is 1. The van der Waals surface area contributed by atoms with Crippen LogP contribution < -0.4 is 10.6 Å². The molecule has 2 heterocycles. The van der Waals surface area contributed by atoms with Crippen LogP contribution in [0.3, 0.4) is 0 Å². The van der Waals surface area contributed by atoms with Crippen LogP contribution in [0.4, 0.5) is 10.1 Å². The maximum atomic E-state index is 14.0. The zero-order valence-electron chi connectivity index (χ0n) is 16.3. The molecule has 3 rings (SSSR count). The molecule has 27 heavy (non-hydrogen) atoms. The van der Waals surface area contributed by atoms with Crippen LogP contribution in [-0.4, -0.2) is 67.4 Å². The Morgan fingerprint density at radius 3 is 2.85 bits per heavy atom. The number of benzene rings is 1. The van der Waals surface area contributed by atoms with E-state index in [2.05, 4.69) is 15.5 Å². The van der Waals surface area contributed by atoms with E-state index in [0.717, 1.165) is 37.2 Å². The van der Waals surface area contributed by atoms with Crippen molar-refractivity contribution in [1.82, 2.24) is 15.1 Å². The van der Waals surface area contributed by atoms with Gasteiger partial charge in [0.15, 0.2) is 0 Å². The van der Waals surface area contributed by atoms with E-state index in [1.165, 1.54) is 6.07 Å². The average Bonchev–Trinajstić information content (AvgIpc) is 3.10. The first kappa shape index (κ1) is 19.6. The molecule has 2 N–H and O–H groups in total. The average molecular weight is 376 g/mol. The molecular formula is C20H29FN4O2. The number of nitrogens with zero attached hydrogens (tertiary/aromatic N) is 2. The molecule has 6 nitrogen and oxygen atoms in total. The molecule has 2 aliphatic heterocycles. The van der Waals surface area contributed by atoms with E-state index in [1.807, 2.05) is 6.92 Å². The molecule has 0 saturated carbocycles. The maximum absolute atomic E-state index is 14.0. The molecule has 1 aromatic carbocycles. The molecule has 0 bridgehead atoms. The highest BCUT2D eigenvalue weighted by Crippen LogP contribution is 2.31. The van der Waals surface area contributed by atoms with Crippen molar-refractivity contribution in [3.05, 3.63) is 29.1 Å². The standard InChI is InChI=1S/C20H29FN4O2/c1-13-6-7-16(21)15-11-17(23-19(13)15)20(27)22-14-5-4-9-25(12-14)10-8-18(26)24(2)3/h6-7,14,17,23H,4-5,8-12H2,1-3H3,(H,22,27). The SMILES string of the molecule is Cc1ccc(F)c2c1NC(C(=O)NC1CCCN(CCC(=O)N(C)C)C1)C2. The summed E-state index contributed by atoms with van der Waals surface area (Å²) >= 11 is 0. The molecule has 0 aliphatic carbocycles. The quantitative estimate of drug-likeness (QED) is 0.818. The number of carbonyl (C=O) groups is 2. The summed E-state index contributed by atoms with van der Waals surface area (Å²) in [6, 6.07) is 2.83. The number of hydrogen-bond donors (Lipinski definition) is 2. The van der Waals surface area contributed by atoms with Crippen molar-refractivity contribution in [3.8, 4) is 0 Å². The van der Waals surface area contributed by atoms with Gasteiger partial charge in [-0.15, -0.1) is 0 Å². The minimum Gasteiger partial charge on any atom is -0.373 e. The van der Waals surface area contributed by atoms with Crippen molar-refractivity contribution >= 4 is 17.5 Å². The smallest absolute Gasteiger partial charge is 0.243 e. The minimum atomic E-state index is -0.429. The first-order valence-electron chi connectivity index (χ1n) is 9.62. The van der Waals surface area contributed by atoms with Crippen LogP contribution in [0.5, 0.6) is 0 Å². The Bertz CT molecular complexity index is 691. The zero-order chi connectivity index (χ0) is 19.6. The second-order valence-corrected chi connectivity index (χ2v) is 7.81. The predicted molar refractivity (Wildman–Crippen MR) is 103 cm³/mol. The lowest BCUT2D eigenvalue weighted by Crippen LogP contribution is -2.51. The molecule has 7 heteroatoms. The summed E-state index contributed by atoms with van der Waals surface area (Å²) in [7, 11) is 3.53. The Labute approximate surface area is 160 Å². The third-order valence-corrected chi connectivity index (χ3v) is 5.50. The lowest BCUT2D eigenvalue weighted by molar-refractivity contribution is -0.129. The number of fused-ring (bicyclic) bond motifs is 1. The summed E-state index contributed by atoms with van der Waals surface area (Å²) in [5.41, 5.74) is 2.31. The van der Waals surface area contributed by atoms with E-state index < -0.39 is 6.04 Å². The Balaban J connectivity index is 1.52. The topological polar surface area (TPSA) is 64.7 Å². The van der Waals surface area contributed by atoms with Crippen molar-refractivity contribution < 1.29 is 14.0 Å². The van der Waals surface area contributed by atoms with Crippen LogP contribution in [0.1, 0.15) is 30.4 Å². The van der Waals surface area contributed by atoms with E-state index in [4.69, 9.17) is 0 Å². The number of amides is 2. The van der Waals surface area contributed by atoms with Gasteiger partial charge in [-0.2, -0.15) is 0 Å². The molecule has 148 valence electrons. The molecule has 0 spiro atoms. The lowest BCUT2D eigenvalue weighted by Gasteiger charge is -2.33. The van der Waals surface area contributed by atoms with Crippen LogP contribution in [0.25, 0.3) is 0 Å². The van der Waals surface area contributed by atoms with Crippen molar-refractivity contribution in [2.75, 3.05) is 39.0 Å². The molecule has 0 aromatic heterocycles. The van der Waals surface area contributed by atoms with Gasteiger partial charge in [0.25, 0.3) is 0 Å². The molecular weight excluding hydrogens is 347 g/mol. The van der Waals surface area contributed by atoms with Gasteiger partial charge in [-0.25, -0.2) is 4.39 Å². The van der Waals surface area contributed by atoms with Gasteiger partial charge in [-0.3, -0.25) is 9.59 Å². The molecule has 2 amide bonds. The summed E-state index contributed by atoms with van der Waals surface area (Å²) in [5, 5.41) is 6.29. The van der Waals surface area contributed by atoms with Gasteiger partial charge in [-0.05, 0) is 37.9 Å². The summed E-state index contributed by atoms with van der Waals surface area (Å²) in [5.74, 6) is -0.222. The number of anilines is 1. The Hall–Kier alpha value is -2.15. The molecule has 0 radical (unpaired) electrons. The summed E-state index contributed by atoms with van der Waals surface area (Å²) in [4.78, 5) is 28.3. The zero-order valence-corrected chi connectivity index (χ0v) is 16.3. The first-order chi connectivity index (χ1) is 12.8. The number of likely N-dealkylation sites (tertiary alicyclic amines) is 1. The molecule has 1 saturated heterocycles. The summed E-state index contributed by atoms with van der Waals surface area (Å²) in [6.07, 6.45) is 2.79. The van der Waals surface area contributed by atoms with Crippen LogP contribution >= 0.6 is 0 Å². The van der Waals surface area contributed by atoms with Gasteiger partial charge in [-0.1, -0.05) is 6.07 Å². The van der Waals surface area contributed by atoms with Crippen molar-refractivity contribution in [1.29, 1.82) is 0 Å². The van der Waals surface area contributed by atoms with E-state index in [-0.39, 0.29) is 23.7 Å². The number of hydrogen-bond acceptors (Lipinski definition) is 4. The van der Waals surface area contributed by atoms with E-state index in [1.54, 1.807) is 25.1 Å². The van der Waals surface area contributed by atoms with Gasteiger partial charge >= 0.3 is 0 Å². The van der Waals surface area contributed by atoms with Crippen LogP contribution in [-0.2, 0) is 16.0 Å². The highest BCUT2D eigenvalue weighted by atomic mass is 19.1. The fourth-order valence-electron chi connectivity index (χ4n) is 3.88.